The van der Waals surface area contributed by atoms with Gasteiger partial charge in [0.1, 0.15) is 0 Å². The lowest BCUT2D eigenvalue weighted by molar-refractivity contribution is -0.137. The van der Waals surface area contributed by atoms with Crippen LogP contribution in [0.4, 0.5) is 0 Å². The van der Waals surface area contributed by atoms with Crippen LogP contribution in [-0.4, -0.2) is 37.2 Å². The van der Waals surface area contributed by atoms with E-state index in [9.17, 15) is 9.36 Å². The molecule has 14 heavy (non-hydrogen) atoms. The number of thioether (sulfide) groups is 1. The molecule has 7 heteroatoms. The lowest BCUT2D eigenvalue weighted by atomic mass is 10.8. The highest BCUT2D eigenvalue weighted by atomic mass is 32.7. The molecule has 0 aromatic rings. The van der Waals surface area contributed by atoms with Gasteiger partial charge in [0.05, 0.1) is 19.5 Å². The van der Waals surface area contributed by atoms with Crippen LogP contribution in [0.3, 0.4) is 0 Å². The maximum atomic E-state index is 11.5. The molecule has 0 fully saturated rings. The van der Waals surface area contributed by atoms with E-state index in [2.05, 4.69) is 4.74 Å². The van der Waals surface area contributed by atoms with E-state index in [0.717, 1.165) is 0 Å². The van der Waals surface area contributed by atoms with Crippen LogP contribution in [0.25, 0.3) is 0 Å². The number of methoxy groups -OCH3 is 1. The molecule has 0 saturated carbocycles. The molecule has 0 amide bonds. The number of carbonyl (C=O) groups is 1. The number of hydrogen-bond donors (Lipinski definition) is 0. The Labute approximate surface area is 92.7 Å². The first-order valence-corrected chi connectivity index (χ1v) is 8.84. The molecule has 0 N–H and O–H groups in total. The summed E-state index contributed by atoms with van der Waals surface area (Å²) < 4.78 is 21.1. The van der Waals surface area contributed by atoms with Gasteiger partial charge in [-0.1, -0.05) is 11.4 Å². The van der Waals surface area contributed by atoms with Crippen LogP contribution in [0.1, 0.15) is 6.92 Å². The van der Waals surface area contributed by atoms with Crippen LogP contribution in [0.5, 0.6) is 0 Å². The number of hydrogen-bond acceptors (Lipinski definition) is 6. The zero-order valence-corrected chi connectivity index (χ0v) is 11.0. The van der Waals surface area contributed by atoms with Gasteiger partial charge in [-0.3, -0.25) is 9.36 Å². The summed E-state index contributed by atoms with van der Waals surface area (Å²) in [4.78, 5) is 10.7. The van der Waals surface area contributed by atoms with Crippen molar-refractivity contribution in [2.24, 2.45) is 0 Å². The van der Waals surface area contributed by atoms with E-state index in [1.807, 2.05) is 0 Å². The smallest absolute Gasteiger partial charge is 0.315 e. The first-order chi connectivity index (χ1) is 6.52. The van der Waals surface area contributed by atoms with Gasteiger partial charge in [0, 0.05) is 11.7 Å². The van der Waals surface area contributed by atoms with Gasteiger partial charge >= 0.3 is 5.97 Å². The van der Waals surface area contributed by atoms with Crippen LogP contribution < -0.4 is 0 Å². The Hall–Kier alpha value is 0.360. The van der Waals surface area contributed by atoms with Crippen molar-refractivity contribution < 1.29 is 18.6 Å². The Bertz CT molecular complexity index is 222. The Balaban J connectivity index is 3.53. The van der Waals surface area contributed by atoms with E-state index in [4.69, 9.17) is 4.52 Å². The van der Waals surface area contributed by atoms with Gasteiger partial charge in [0.25, 0.3) is 6.57 Å². The van der Waals surface area contributed by atoms with E-state index < -0.39 is 6.57 Å². The minimum atomic E-state index is -2.52. The topological polar surface area (TPSA) is 52.6 Å². The molecule has 4 nitrogen and oxygen atoms in total. The molecular weight excluding hydrogens is 243 g/mol. The van der Waals surface area contributed by atoms with E-state index in [1.165, 1.54) is 30.3 Å². The van der Waals surface area contributed by atoms with Gasteiger partial charge in [-0.25, -0.2) is 0 Å². The number of ether oxygens (including phenoxy) is 1. The third-order valence-electron chi connectivity index (χ3n) is 1.18. The van der Waals surface area contributed by atoms with Crippen LogP contribution in [0, 0.1) is 0 Å². The van der Waals surface area contributed by atoms with Gasteiger partial charge in [0.15, 0.2) is 0 Å². The Morgan fingerprint density at radius 3 is 2.64 bits per heavy atom. The molecule has 0 rings (SSSR count). The molecule has 0 bridgehead atoms. The molecule has 0 aliphatic carbocycles. The second kappa shape index (κ2) is 7.63. The predicted octanol–water partition coefficient (Wildman–Crippen LogP) is 2.44. The summed E-state index contributed by atoms with van der Waals surface area (Å²) in [5, 5.41) is 0.572. The lowest BCUT2D eigenvalue weighted by Crippen LogP contribution is -2.03. The number of rotatable bonds is 7. The zero-order chi connectivity index (χ0) is 11.0. The van der Waals surface area contributed by atoms with Crippen molar-refractivity contribution in [2.75, 3.05) is 31.2 Å². The first-order valence-electron chi connectivity index (χ1n) is 4.03. The molecule has 0 aromatic heterocycles. The first kappa shape index (κ1) is 14.4. The SMILES string of the molecule is CCOP(C)(=O)SCSCC(=O)OC. The number of carbonyl (C=O) groups excluding carboxylic acids is 1. The van der Waals surface area contributed by atoms with Gasteiger partial charge in [-0.05, 0) is 6.92 Å². The Morgan fingerprint density at radius 1 is 1.50 bits per heavy atom. The molecule has 0 radical (unpaired) electrons. The van der Waals surface area contributed by atoms with Crippen molar-refractivity contribution in [3.8, 4) is 0 Å². The van der Waals surface area contributed by atoms with Crippen LogP contribution in [-0.2, 0) is 18.6 Å². The standard InChI is InChI=1S/C7H15O4PS2/c1-4-11-12(3,9)14-6-13-5-7(8)10-2/h4-6H2,1-3H3. The van der Waals surface area contributed by atoms with E-state index in [-0.39, 0.29) is 11.7 Å². The summed E-state index contributed by atoms with van der Waals surface area (Å²) in [6.07, 6.45) is 0. The predicted molar refractivity (Wildman–Crippen MR) is 62.1 cm³/mol. The fraction of sp³-hybridized carbons (Fsp3) is 0.857. The summed E-state index contributed by atoms with van der Waals surface area (Å²) >= 11 is 2.62. The van der Waals surface area contributed by atoms with Crippen molar-refractivity contribution in [3.63, 3.8) is 0 Å². The highest BCUT2D eigenvalue weighted by Crippen LogP contribution is 2.56. The second-order valence-corrected chi connectivity index (χ2v) is 8.82. The third-order valence-corrected chi connectivity index (χ3v) is 6.58. The minimum Gasteiger partial charge on any atom is -0.468 e. The molecule has 0 aromatic carbocycles. The summed E-state index contributed by atoms with van der Waals surface area (Å²) in [7, 11) is 1.35. The quantitative estimate of drug-likeness (QED) is 0.302. The van der Waals surface area contributed by atoms with Gasteiger partial charge < -0.3 is 9.26 Å². The molecule has 84 valence electrons. The fourth-order valence-electron chi connectivity index (χ4n) is 0.589. The van der Waals surface area contributed by atoms with Gasteiger partial charge in [-0.15, -0.1) is 11.8 Å². The second-order valence-electron chi connectivity index (χ2n) is 2.36. The van der Waals surface area contributed by atoms with Crippen molar-refractivity contribution >= 4 is 35.7 Å². The van der Waals surface area contributed by atoms with Crippen molar-refractivity contribution in [1.29, 1.82) is 0 Å². The summed E-state index contributed by atoms with van der Waals surface area (Å²) in [6.45, 7) is 1.32. The van der Waals surface area contributed by atoms with Crippen LogP contribution >= 0.6 is 29.7 Å². The van der Waals surface area contributed by atoms with Crippen molar-refractivity contribution in [1.82, 2.24) is 0 Å². The Morgan fingerprint density at radius 2 is 2.14 bits per heavy atom. The third kappa shape index (κ3) is 7.74. The average Bonchev–Trinajstić information content (AvgIpc) is 2.12. The summed E-state index contributed by atoms with van der Waals surface area (Å²) in [6, 6.07) is 0. The van der Waals surface area contributed by atoms with E-state index in [0.29, 0.717) is 11.7 Å². The number of esters is 1. The van der Waals surface area contributed by atoms with Gasteiger partial charge in [-0.2, -0.15) is 0 Å². The van der Waals surface area contributed by atoms with E-state index in [1.54, 1.807) is 13.6 Å². The molecule has 0 spiro atoms. The maximum absolute atomic E-state index is 11.5. The highest BCUT2D eigenvalue weighted by molar-refractivity contribution is 8.58. The zero-order valence-electron chi connectivity index (χ0n) is 8.52. The molecule has 0 aliphatic rings. The minimum absolute atomic E-state index is 0.266. The van der Waals surface area contributed by atoms with E-state index >= 15 is 0 Å². The monoisotopic (exact) mass is 258 g/mol. The van der Waals surface area contributed by atoms with Crippen LogP contribution in [0.15, 0.2) is 0 Å². The summed E-state index contributed by atoms with van der Waals surface area (Å²) in [5.41, 5.74) is 0. The van der Waals surface area contributed by atoms with Crippen LogP contribution in [0.2, 0.25) is 0 Å². The van der Waals surface area contributed by atoms with Crippen molar-refractivity contribution in [2.45, 2.75) is 6.92 Å². The van der Waals surface area contributed by atoms with Crippen molar-refractivity contribution in [3.05, 3.63) is 0 Å². The molecule has 0 aliphatic heterocycles. The molecule has 0 heterocycles. The fourth-order valence-corrected chi connectivity index (χ4v) is 5.75. The molecule has 1 unspecified atom stereocenters. The maximum Gasteiger partial charge on any atom is 0.315 e. The normalized spacial score (nSPS) is 14.8. The Kier molecular flexibility index (Phi) is 7.82. The molecular formula is C7H15O4PS2. The molecule has 0 saturated heterocycles. The van der Waals surface area contributed by atoms with Gasteiger partial charge in [0.2, 0.25) is 0 Å². The average molecular weight is 258 g/mol. The molecule has 1 atom stereocenters. The highest BCUT2D eigenvalue weighted by Gasteiger charge is 2.15. The largest absolute Gasteiger partial charge is 0.468 e. The lowest BCUT2D eigenvalue weighted by Gasteiger charge is -2.10. The summed E-state index contributed by atoms with van der Waals surface area (Å²) in [5.74, 6) is 0.0215.